The summed E-state index contributed by atoms with van der Waals surface area (Å²) in [6.07, 6.45) is 2.34. The molecule has 3 N–H and O–H groups in total. The van der Waals surface area contributed by atoms with E-state index >= 15 is 0 Å². The van der Waals surface area contributed by atoms with Crippen molar-refractivity contribution in [1.82, 2.24) is 0 Å². The van der Waals surface area contributed by atoms with Gasteiger partial charge < -0.3 is 20.1 Å². The molecule has 0 aromatic heterocycles. The Kier molecular flexibility index (Phi) is 6.32. The number of carbonyl (C=O) groups excluding carboxylic acids is 1. The topological polar surface area (TPSA) is 104 Å². The van der Waals surface area contributed by atoms with Gasteiger partial charge in [-0.25, -0.2) is 9.59 Å². The molecule has 182 valence electrons. The number of phenolic OH excluding ortho intramolecular Hbond substituents is 2. The molecule has 1 aliphatic heterocycles. The van der Waals surface area contributed by atoms with E-state index in [1.165, 1.54) is 12.1 Å². The van der Waals surface area contributed by atoms with Crippen molar-refractivity contribution < 1.29 is 29.6 Å². The molecule has 0 fully saturated rings. The lowest BCUT2D eigenvalue weighted by Crippen LogP contribution is -2.34. The largest absolute Gasteiger partial charge is 0.508 e. The zero-order valence-electron chi connectivity index (χ0n) is 20.4. The number of aryl methyl sites for hydroxylation is 4. The van der Waals surface area contributed by atoms with Gasteiger partial charge in [-0.3, -0.25) is 0 Å². The van der Waals surface area contributed by atoms with Crippen LogP contribution in [-0.4, -0.2) is 27.3 Å². The number of esters is 1. The fourth-order valence-corrected chi connectivity index (χ4v) is 5.22. The second-order valence-corrected chi connectivity index (χ2v) is 8.79. The Balaban J connectivity index is 2.24. The van der Waals surface area contributed by atoms with Gasteiger partial charge in [-0.2, -0.15) is 0 Å². The summed E-state index contributed by atoms with van der Waals surface area (Å²) in [7, 11) is 0. The van der Waals surface area contributed by atoms with Crippen LogP contribution in [0.1, 0.15) is 87.4 Å². The molecule has 6 heteroatoms. The third-order valence-corrected chi connectivity index (χ3v) is 7.00. The lowest BCUT2D eigenvalue weighted by Gasteiger charge is -2.35. The third-order valence-electron chi connectivity index (χ3n) is 7.00. The van der Waals surface area contributed by atoms with Crippen LogP contribution >= 0.6 is 0 Å². The number of carboxylic acids is 1. The quantitative estimate of drug-likeness (QED) is 0.390. The Morgan fingerprint density at radius 1 is 0.800 bits per heavy atom. The molecule has 0 saturated carbocycles. The molecular formula is C29H30O6. The van der Waals surface area contributed by atoms with Crippen LogP contribution < -0.4 is 0 Å². The van der Waals surface area contributed by atoms with E-state index in [9.17, 15) is 24.9 Å². The van der Waals surface area contributed by atoms with Crippen molar-refractivity contribution in [2.75, 3.05) is 0 Å². The van der Waals surface area contributed by atoms with E-state index in [4.69, 9.17) is 4.74 Å². The minimum absolute atomic E-state index is 0.0452. The molecule has 0 unspecified atom stereocenters. The number of aromatic carboxylic acids is 1. The number of fused-ring (bicyclic) bond motifs is 1. The average Bonchev–Trinajstić information content (AvgIpc) is 3.16. The molecule has 3 aromatic carbocycles. The second kappa shape index (κ2) is 9.10. The SMILES string of the molecule is CCc1cc(CC)c(C2(c3cc(O)c(CC)cc3CC)OC(=O)c3cccc(C(=O)O)c32)cc1O. The number of hydrogen-bond donors (Lipinski definition) is 3. The Bertz CT molecular complexity index is 1280. The number of benzene rings is 3. The molecule has 3 aromatic rings. The van der Waals surface area contributed by atoms with Crippen molar-refractivity contribution >= 4 is 11.9 Å². The average molecular weight is 475 g/mol. The van der Waals surface area contributed by atoms with Crippen LogP contribution in [0.5, 0.6) is 11.5 Å². The molecule has 0 radical (unpaired) electrons. The Labute approximate surface area is 204 Å². The predicted octanol–water partition coefficient (Wildman–Crippen LogP) is 5.51. The van der Waals surface area contributed by atoms with Gasteiger partial charge in [-0.1, -0.05) is 45.9 Å². The molecule has 35 heavy (non-hydrogen) atoms. The summed E-state index contributed by atoms with van der Waals surface area (Å²) >= 11 is 0. The van der Waals surface area contributed by atoms with Crippen molar-refractivity contribution in [1.29, 1.82) is 0 Å². The monoisotopic (exact) mass is 474 g/mol. The highest BCUT2D eigenvalue weighted by molar-refractivity contribution is 6.02. The molecule has 6 nitrogen and oxygen atoms in total. The van der Waals surface area contributed by atoms with Crippen molar-refractivity contribution in [2.24, 2.45) is 0 Å². The summed E-state index contributed by atoms with van der Waals surface area (Å²) in [6, 6.07) is 11.5. The molecule has 4 rings (SSSR count). The molecule has 0 aliphatic carbocycles. The van der Waals surface area contributed by atoms with Crippen molar-refractivity contribution in [3.63, 3.8) is 0 Å². The number of aromatic hydroxyl groups is 2. The highest BCUT2D eigenvalue weighted by Gasteiger charge is 2.53. The molecule has 1 heterocycles. The van der Waals surface area contributed by atoms with Gasteiger partial charge in [0, 0.05) is 16.7 Å². The van der Waals surface area contributed by atoms with E-state index in [2.05, 4.69) is 0 Å². The number of hydrogen-bond acceptors (Lipinski definition) is 5. The van der Waals surface area contributed by atoms with Crippen LogP contribution in [0, 0.1) is 0 Å². The number of phenols is 2. The van der Waals surface area contributed by atoms with E-state index in [0.717, 1.165) is 22.3 Å². The fraction of sp³-hybridized carbons (Fsp3) is 0.310. The second-order valence-electron chi connectivity index (χ2n) is 8.79. The summed E-state index contributed by atoms with van der Waals surface area (Å²) in [5, 5.41) is 31.9. The van der Waals surface area contributed by atoms with Gasteiger partial charge in [-0.05, 0) is 72.2 Å². The van der Waals surface area contributed by atoms with E-state index in [1.807, 2.05) is 39.8 Å². The maximum atomic E-state index is 13.3. The Morgan fingerprint density at radius 2 is 1.29 bits per heavy atom. The number of carbonyl (C=O) groups is 2. The summed E-state index contributed by atoms with van der Waals surface area (Å²) in [5.74, 6) is -1.75. The van der Waals surface area contributed by atoms with Crippen LogP contribution in [0.25, 0.3) is 0 Å². The van der Waals surface area contributed by atoms with E-state index in [0.29, 0.717) is 36.8 Å². The van der Waals surface area contributed by atoms with Crippen LogP contribution in [0.15, 0.2) is 42.5 Å². The van der Waals surface area contributed by atoms with Crippen molar-refractivity contribution in [3.8, 4) is 11.5 Å². The lowest BCUT2D eigenvalue weighted by atomic mass is 9.73. The van der Waals surface area contributed by atoms with Gasteiger partial charge in [0.25, 0.3) is 0 Å². The van der Waals surface area contributed by atoms with Gasteiger partial charge in [0.05, 0.1) is 11.1 Å². The first-order valence-electron chi connectivity index (χ1n) is 12.0. The van der Waals surface area contributed by atoms with Crippen LogP contribution in [0.2, 0.25) is 0 Å². The summed E-state index contributed by atoms with van der Waals surface area (Å²) in [6.45, 7) is 7.80. The number of carboxylic acid groups (broad SMARTS) is 1. The Hall–Kier alpha value is -3.80. The van der Waals surface area contributed by atoms with Crippen LogP contribution in [0.4, 0.5) is 0 Å². The highest BCUT2D eigenvalue weighted by Crippen LogP contribution is 2.52. The van der Waals surface area contributed by atoms with Crippen molar-refractivity contribution in [3.05, 3.63) is 92.5 Å². The molecule has 0 amide bonds. The van der Waals surface area contributed by atoms with Gasteiger partial charge in [0.15, 0.2) is 5.60 Å². The third kappa shape index (κ3) is 3.64. The zero-order chi connectivity index (χ0) is 25.5. The van der Waals surface area contributed by atoms with Gasteiger partial charge in [0.2, 0.25) is 0 Å². The van der Waals surface area contributed by atoms with Gasteiger partial charge in [-0.15, -0.1) is 0 Å². The minimum Gasteiger partial charge on any atom is -0.508 e. The summed E-state index contributed by atoms with van der Waals surface area (Å²) in [5.41, 5.74) is 2.79. The first kappa shape index (κ1) is 24.3. The lowest BCUT2D eigenvalue weighted by molar-refractivity contribution is 0.0240. The molecule has 0 atom stereocenters. The molecular weight excluding hydrogens is 444 g/mol. The van der Waals surface area contributed by atoms with Gasteiger partial charge in [0.1, 0.15) is 11.5 Å². The molecule has 0 spiro atoms. The van der Waals surface area contributed by atoms with Crippen LogP contribution in [0.3, 0.4) is 0 Å². The van der Waals surface area contributed by atoms with Crippen molar-refractivity contribution in [2.45, 2.75) is 59.0 Å². The number of rotatable bonds is 7. The maximum Gasteiger partial charge on any atom is 0.340 e. The first-order chi connectivity index (χ1) is 16.7. The first-order valence-corrected chi connectivity index (χ1v) is 12.0. The Morgan fingerprint density at radius 3 is 1.71 bits per heavy atom. The smallest absolute Gasteiger partial charge is 0.340 e. The number of ether oxygens (including phenoxy) is 1. The summed E-state index contributed by atoms with van der Waals surface area (Å²) in [4.78, 5) is 25.7. The fourth-order valence-electron chi connectivity index (χ4n) is 5.22. The zero-order valence-corrected chi connectivity index (χ0v) is 20.4. The van der Waals surface area contributed by atoms with E-state index < -0.39 is 17.5 Å². The molecule has 0 bridgehead atoms. The highest BCUT2D eigenvalue weighted by atomic mass is 16.6. The van der Waals surface area contributed by atoms with Crippen LogP contribution in [-0.2, 0) is 36.0 Å². The molecule has 0 saturated heterocycles. The van der Waals surface area contributed by atoms with Gasteiger partial charge >= 0.3 is 11.9 Å². The standard InChI is InChI=1S/C29H30O6/c1-5-16-12-18(7-3)24(30)14-22(16)29(23-15-25(31)19(8-4)13-17(23)6-2)26-20(27(32)33)10-9-11-21(26)28(34)35-29/h9-15,30-31H,5-8H2,1-4H3,(H,32,33). The maximum absolute atomic E-state index is 13.3. The minimum atomic E-state index is -1.65. The summed E-state index contributed by atoms with van der Waals surface area (Å²) < 4.78 is 6.20. The van der Waals surface area contributed by atoms with E-state index in [-0.39, 0.29) is 28.2 Å². The normalized spacial score (nSPS) is 14.0. The molecule has 1 aliphatic rings. The van der Waals surface area contributed by atoms with E-state index in [1.54, 1.807) is 18.2 Å². The predicted molar refractivity (Wildman–Crippen MR) is 132 cm³/mol. The number of cyclic esters (lactones) is 1.